The molecule has 0 bridgehead atoms. The number of carbonyl (C=O) groups excluding carboxylic acids is 3. The Balaban J connectivity index is 1.63. The third-order valence-electron chi connectivity index (χ3n) is 5.64. The zero-order valence-electron chi connectivity index (χ0n) is 18.0. The Hall–Kier alpha value is -3.22. The van der Waals surface area contributed by atoms with Crippen LogP contribution in [-0.2, 0) is 16.1 Å². The van der Waals surface area contributed by atoms with Crippen molar-refractivity contribution in [3.05, 3.63) is 65.5 Å². The number of aryl methyl sites for hydroxylation is 1. The number of rotatable bonds is 4. The van der Waals surface area contributed by atoms with Crippen LogP contribution in [-0.4, -0.2) is 47.2 Å². The Kier molecular flexibility index (Phi) is 8.15. The van der Waals surface area contributed by atoms with Gasteiger partial charge in [0.15, 0.2) is 0 Å². The lowest BCUT2D eigenvalue weighted by Crippen LogP contribution is -2.36. The zero-order valence-corrected chi connectivity index (χ0v) is 18.0. The van der Waals surface area contributed by atoms with Crippen LogP contribution in [0, 0.1) is 12.8 Å². The first kappa shape index (κ1) is 22.5. The first-order chi connectivity index (χ1) is 15.0. The van der Waals surface area contributed by atoms with Crippen molar-refractivity contribution in [2.45, 2.75) is 39.2 Å². The molecule has 2 aromatic rings. The van der Waals surface area contributed by atoms with E-state index in [1.54, 1.807) is 23.4 Å². The predicted octanol–water partition coefficient (Wildman–Crippen LogP) is 2.46. The molecule has 1 aliphatic heterocycles. The first-order valence-electron chi connectivity index (χ1n) is 10.8. The lowest BCUT2D eigenvalue weighted by Gasteiger charge is -2.23. The van der Waals surface area contributed by atoms with E-state index in [1.165, 1.54) is 0 Å². The van der Waals surface area contributed by atoms with Crippen molar-refractivity contribution in [2.75, 3.05) is 19.6 Å². The lowest BCUT2D eigenvalue weighted by atomic mass is 9.97. The molecule has 1 aromatic carbocycles. The standard InChI is InChI=1S/C24H30N4O3/c1-18-9-12-25-17-21(18)24(31)28-14-5-8-20(10-13-26-22(29)11-15-28)23(30)27-16-19-6-3-2-4-7-19/h2-4,6-7,9,12,17,20H,5,8,10-11,13-16H2,1H3,(H,26,29)(H,27,30). The molecule has 3 amide bonds. The Morgan fingerprint density at radius 3 is 2.74 bits per heavy atom. The van der Waals surface area contributed by atoms with Crippen LogP contribution in [0.3, 0.4) is 0 Å². The molecule has 0 spiro atoms. The molecule has 1 aromatic heterocycles. The fourth-order valence-corrected chi connectivity index (χ4v) is 3.75. The summed E-state index contributed by atoms with van der Waals surface area (Å²) in [4.78, 5) is 43.8. The van der Waals surface area contributed by atoms with E-state index >= 15 is 0 Å². The highest BCUT2D eigenvalue weighted by Crippen LogP contribution is 2.16. The van der Waals surface area contributed by atoms with E-state index in [1.807, 2.05) is 37.3 Å². The summed E-state index contributed by atoms with van der Waals surface area (Å²) in [6.45, 7) is 3.67. The largest absolute Gasteiger partial charge is 0.356 e. The summed E-state index contributed by atoms with van der Waals surface area (Å²) in [5.74, 6) is -0.452. The third kappa shape index (κ3) is 6.64. The highest BCUT2D eigenvalue weighted by Gasteiger charge is 2.23. The Labute approximate surface area is 183 Å². The number of pyridine rings is 1. The van der Waals surface area contributed by atoms with Gasteiger partial charge in [0.25, 0.3) is 5.91 Å². The monoisotopic (exact) mass is 422 g/mol. The summed E-state index contributed by atoms with van der Waals surface area (Å²) in [5.41, 5.74) is 2.45. The van der Waals surface area contributed by atoms with Crippen LogP contribution >= 0.6 is 0 Å². The topological polar surface area (TPSA) is 91.4 Å². The van der Waals surface area contributed by atoms with Gasteiger partial charge in [-0.3, -0.25) is 19.4 Å². The predicted molar refractivity (Wildman–Crippen MR) is 118 cm³/mol. The normalized spacial score (nSPS) is 17.9. The van der Waals surface area contributed by atoms with E-state index in [-0.39, 0.29) is 30.1 Å². The fourth-order valence-electron chi connectivity index (χ4n) is 3.75. The zero-order chi connectivity index (χ0) is 22.1. The highest BCUT2D eigenvalue weighted by atomic mass is 16.2. The second-order valence-electron chi connectivity index (χ2n) is 7.91. The maximum absolute atomic E-state index is 13.0. The van der Waals surface area contributed by atoms with Gasteiger partial charge in [-0.2, -0.15) is 0 Å². The summed E-state index contributed by atoms with van der Waals surface area (Å²) >= 11 is 0. The smallest absolute Gasteiger partial charge is 0.255 e. The summed E-state index contributed by atoms with van der Waals surface area (Å²) in [5, 5.41) is 5.89. The number of amides is 3. The minimum atomic E-state index is -0.209. The molecule has 2 heterocycles. The second-order valence-corrected chi connectivity index (χ2v) is 7.91. The third-order valence-corrected chi connectivity index (χ3v) is 5.64. The average Bonchev–Trinajstić information content (AvgIpc) is 2.83. The van der Waals surface area contributed by atoms with Gasteiger partial charge < -0.3 is 15.5 Å². The molecule has 164 valence electrons. The van der Waals surface area contributed by atoms with E-state index in [0.29, 0.717) is 51.0 Å². The van der Waals surface area contributed by atoms with Crippen LogP contribution < -0.4 is 10.6 Å². The summed E-state index contributed by atoms with van der Waals surface area (Å²) in [7, 11) is 0. The number of hydrogen-bond acceptors (Lipinski definition) is 4. The van der Waals surface area contributed by atoms with Gasteiger partial charge in [0.1, 0.15) is 0 Å². The van der Waals surface area contributed by atoms with Gasteiger partial charge in [-0.05, 0) is 43.4 Å². The molecule has 7 nitrogen and oxygen atoms in total. The number of carbonyl (C=O) groups is 3. The Morgan fingerprint density at radius 2 is 1.97 bits per heavy atom. The van der Waals surface area contributed by atoms with Crippen LogP contribution in [0.1, 0.15) is 47.2 Å². The van der Waals surface area contributed by atoms with Crippen LogP contribution in [0.25, 0.3) is 0 Å². The summed E-state index contributed by atoms with van der Waals surface area (Å²) in [6, 6.07) is 11.6. The van der Waals surface area contributed by atoms with Crippen molar-refractivity contribution in [2.24, 2.45) is 5.92 Å². The fraction of sp³-hybridized carbons (Fsp3) is 0.417. The molecule has 1 atom stereocenters. The number of nitrogens with zero attached hydrogens (tertiary/aromatic N) is 2. The van der Waals surface area contributed by atoms with Crippen molar-refractivity contribution in [3.63, 3.8) is 0 Å². The summed E-state index contributed by atoms with van der Waals surface area (Å²) in [6.07, 6.45) is 5.42. The molecule has 1 aliphatic rings. The second kappa shape index (κ2) is 11.2. The van der Waals surface area contributed by atoms with Crippen molar-refractivity contribution in [3.8, 4) is 0 Å². The van der Waals surface area contributed by atoms with Gasteiger partial charge >= 0.3 is 0 Å². The quantitative estimate of drug-likeness (QED) is 0.792. The molecule has 0 saturated carbocycles. The van der Waals surface area contributed by atoms with E-state index in [2.05, 4.69) is 15.6 Å². The number of benzene rings is 1. The van der Waals surface area contributed by atoms with Gasteiger partial charge in [0, 0.05) is 50.9 Å². The molecule has 1 unspecified atom stereocenters. The minimum absolute atomic E-state index is 0.0154. The summed E-state index contributed by atoms with van der Waals surface area (Å²) < 4.78 is 0. The number of nitrogens with one attached hydrogen (secondary N) is 2. The minimum Gasteiger partial charge on any atom is -0.356 e. The van der Waals surface area contributed by atoms with Crippen molar-refractivity contribution >= 4 is 17.7 Å². The van der Waals surface area contributed by atoms with Crippen LogP contribution in [0.2, 0.25) is 0 Å². The van der Waals surface area contributed by atoms with Gasteiger partial charge in [-0.1, -0.05) is 30.3 Å². The molecule has 0 radical (unpaired) electrons. The molecule has 7 heteroatoms. The molecule has 1 saturated heterocycles. The van der Waals surface area contributed by atoms with Crippen LogP contribution in [0.15, 0.2) is 48.8 Å². The van der Waals surface area contributed by atoms with Gasteiger partial charge in [0.2, 0.25) is 11.8 Å². The van der Waals surface area contributed by atoms with Crippen molar-refractivity contribution < 1.29 is 14.4 Å². The maximum Gasteiger partial charge on any atom is 0.255 e. The molecular weight excluding hydrogens is 392 g/mol. The lowest BCUT2D eigenvalue weighted by molar-refractivity contribution is -0.126. The van der Waals surface area contributed by atoms with E-state index in [4.69, 9.17) is 0 Å². The van der Waals surface area contributed by atoms with Crippen molar-refractivity contribution in [1.82, 2.24) is 20.5 Å². The highest BCUT2D eigenvalue weighted by molar-refractivity contribution is 5.95. The van der Waals surface area contributed by atoms with Gasteiger partial charge in [0.05, 0.1) is 5.56 Å². The van der Waals surface area contributed by atoms with E-state index in [9.17, 15) is 14.4 Å². The molecule has 1 fully saturated rings. The SMILES string of the molecule is Cc1ccncc1C(=O)N1CCCC(C(=O)NCc2ccccc2)CCNC(=O)CC1. The number of hydrogen-bond donors (Lipinski definition) is 2. The molecule has 31 heavy (non-hydrogen) atoms. The molecule has 2 N–H and O–H groups in total. The van der Waals surface area contributed by atoms with Crippen LogP contribution in [0.4, 0.5) is 0 Å². The first-order valence-corrected chi connectivity index (χ1v) is 10.8. The van der Waals surface area contributed by atoms with Gasteiger partial charge in [-0.25, -0.2) is 0 Å². The van der Waals surface area contributed by atoms with E-state index < -0.39 is 0 Å². The van der Waals surface area contributed by atoms with E-state index in [0.717, 1.165) is 11.1 Å². The molecule has 3 rings (SSSR count). The number of aromatic nitrogens is 1. The molecule has 0 aliphatic carbocycles. The maximum atomic E-state index is 13.0. The Morgan fingerprint density at radius 1 is 1.16 bits per heavy atom. The average molecular weight is 423 g/mol. The molecular formula is C24H30N4O3. The van der Waals surface area contributed by atoms with Crippen LogP contribution in [0.5, 0.6) is 0 Å². The Bertz CT molecular complexity index is 901. The van der Waals surface area contributed by atoms with Crippen molar-refractivity contribution in [1.29, 1.82) is 0 Å². The van der Waals surface area contributed by atoms with Gasteiger partial charge in [-0.15, -0.1) is 0 Å².